The van der Waals surface area contributed by atoms with Crippen molar-refractivity contribution in [2.24, 2.45) is 0 Å². The molecule has 0 heterocycles. The molecule has 0 unspecified atom stereocenters. The minimum absolute atomic E-state index is 0.174. The third kappa shape index (κ3) is 4.66. The highest BCUT2D eigenvalue weighted by Crippen LogP contribution is 2.19. The molecule has 0 radical (unpaired) electrons. The lowest BCUT2D eigenvalue weighted by Gasteiger charge is -2.20. The molecule has 5 nitrogen and oxygen atoms in total. The maximum atomic E-state index is 12.5. The molecule has 2 rings (SSSR count). The van der Waals surface area contributed by atoms with Crippen molar-refractivity contribution in [1.29, 1.82) is 0 Å². The molecular weight excluding hydrogens is 374 g/mol. The minimum Gasteiger partial charge on any atom is -0.480 e. The largest absolute Gasteiger partial charge is 0.480 e. The quantitative estimate of drug-likeness (QED) is 0.760. The Morgan fingerprint density at radius 2 is 1.75 bits per heavy atom. The van der Waals surface area contributed by atoms with E-state index in [9.17, 15) is 14.7 Å². The van der Waals surface area contributed by atoms with Crippen molar-refractivity contribution in [3.8, 4) is 0 Å². The van der Waals surface area contributed by atoms with E-state index in [4.69, 9.17) is 4.74 Å². The van der Waals surface area contributed by atoms with E-state index in [0.29, 0.717) is 5.56 Å². The Balaban J connectivity index is 2.13. The minimum atomic E-state index is -1.10. The molecule has 0 aliphatic carbocycles. The van der Waals surface area contributed by atoms with E-state index in [0.717, 1.165) is 10.0 Å². The standard InChI is InChI=1S/C18H18BrNO4/c1-24-16(12-7-3-2-4-8-12)17(21)20-15(18(22)23)11-13-9-5-6-10-14(13)19/h2-10,15-16H,11H2,1H3,(H,20,21)(H,22,23)/t15-,16-/m0/s1. The second kappa shape index (κ2) is 8.61. The number of hydrogen-bond donors (Lipinski definition) is 2. The predicted molar refractivity (Wildman–Crippen MR) is 93.6 cm³/mol. The molecule has 2 atom stereocenters. The number of nitrogens with one attached hydrogen (secondary N) is 1. The van der Waals surface area contributed by atoms with E-state index in [1.54, 1.807) is 24.3 Å². The summed E-state index contributed by atoms with van der Waals surface area (Å²) in [6, 6.07) is 15.2. The van der Waals surface area contributed by atoms with Crippen LogP contribution in [0.2, 0.25) is 0 Å². The number of ether oxygens (including phenoxy) is 1. The van der Waals surface area contributed by atoms with Crippen LogP contribution in [0.5, 0.6) is 0 Å². The molecule has 6 heteroatoms. The molecule has 0 saturated carbocycles. The molecule has 126 valence electrons. The number of hydrogen-bond acceptors (Lipinski definition) is 3. The fraction of sp³-hybridized carbons (Fsp3) is 0.222. The van der Waals surface area contributed by atoms with Crippen LogP contribution in [-0.2, 0) is 20.7 Å². The first-order chi connectivity index (χ1) is 11.5. The number of carboxylic acids is 1. The van der Waals surface area contributed by atoms with Crippen LogP contribution in [0.3, 0.4) is 0 Å². The zero-order valence-electron chi connectivity index (χ0n) is 13.1. The van der Waals surface area contributed by atoms with Gasteiger partial charge in [-0.3, -0.25) is 4.79 Å². The summed E-state index contributed by atoms with van der Waals surface area (Å²) >= 11 is 3.39. The molecule has 0 saturated heterocycles. The van der Waals surface area contributed by atoms with Crippen LogP contribution in [0.1, 0.15) is 17.2 Å². The zero-order chi connectivity index (χ0) is 17.5. The number of methoxy groups -OCH3 is 1. The number of amides is 1. The van der Waals surface area contributed by atoms with Crippen LogP contribution in [0, 0.1) is 0 Å². The van der Waals surface area contributed by atoms with Gasteiger partial charge in [-0.05, 0) is 17.2 Å². The van der Waals surface area contributed by atoms with Crippen molar-refractivity contribution in [1.82, 2.24) is 5.32 Å². The Morgan fingerprint density at radius 1 is 1.12 bits per heavy atom. The van der Waals surface area contributed by atoms with Gasteiger partial charge in [-0.25, -0.2) is 4.79 Å². The van der Waals surface area contributed by atoms with E-state index in [1.165, 1.54) is 7.11 Å². The molecule has 1 amide bonds. The van der Waals surface area contributed by atoms with Crippen LogP contribution in [0.15, 0.2) is 59.1 Å². The summed E-state index contributed by atoms with van der Waals surface area (Å²) in [4.78, 5) is 24.0. The van der Waals surface area contributed by atoms with E-state index in [1.807, 2.05) is 30.3 Å². The van der Waals surface area contributed by atoms with Gasteiger partial charge in [0.15, 0.2) is 6.10 Å². The first-order valence-electron chi connectivity index (χ1n) is 7.37. The van der Waals surface area contributed by atoms with Gasteiger partial charge < -0.3 is 15.2 Å². The molecule has 0 aromatic heterocycles. The van der Waals surface area contributed by atoms with Crippen molar-refractivity contribution in [3.63, 3.8) is 0 Å². The zero-order valence-corrected chi connectivity index (χ0v) is 14.7. The van der Waals surface area contributed by atoms with Gasteiger partial charge in [0.2, 0.25) is 0 Å². The Kier molecular flexibility index (Phi) is 6.52. The van der Waals surface area contributed by atoms with E-state index in [2.05, 4.69) is 21.2 Å². The van der Waals surface area contributed by atoms with Gasteiger partial charge in [-0.15, -0.1) is 0 Å². The maximum Gasteiger partial charge on any atom is 0.326 e. The predicted octanol–water partition coefficient (Wildman–Crippen LogP) is 2.95. The topological polar surface area (TPSA) is 75.6 Å². The Bertz CT molecular complexity index is 705. The fourth-order valence-corrected chi connectivity index (χ4v) is 2.80. The fourth-order valence-electron chi connectivity index (χ4n) is 2.35. The molecule has 2 aromatic carbocycles. The van der Waals surface area contributed by atoms with Crippen molar-refractivity contribution < 1.29 is 19.4 Å². The SMILES string of the molecule is CO[C@H](C(=O)N[C@@H](Cc1ccccc1Br)C(=O)O)c1ccccc1. The molecular formula is C18H18BrNO4. The first-order valence-corrected chi connectivity index (χ1v) is 8.16. The van der Waals surface area contributed by atoms with Gasteiger partial charge >= 0.3 is 5.97 Å². The summed E-state index contributed by atoms with van der Waals surface area (Å²) in [6.07, 6.45) is -0.680. The highest BCUT2D eigenvalue weighted by molar-refractivity contribution is 9.10. The molecule has 24 heavy (non-hydrogen) atoms. The average molecular weight is 392 g/mol. The normalized spacial score (nSPS) is 13.1. The third-order valence-electron chi connectivity index (χ3n) is 3.57. The summed E-state index contributed by atoms with van der Waals surface area (Å²) in [5.41, 5.74) is 1.47. The first kappa shape index (κ1) is 18.2. The summed E-state index contributed by atoms with van der Waals surface area (Å²) in [6.45, 7) is 0. The molecule has 2 N–H and O–H groups in total. The number of carbonyl (C=O) groups excluding carboxylic acids is 1. The van der Waals surface area contributed by atoms with Gasteiger partial charge in [0, 0.05) is 18.0 Å². The Morgan fingerprint density at radius 3 is 2.33 bits per heavy atom. The number of benzene rings is 2. The molecule has 0 bridgehead atoms. The van der Waals surface area contributed by atoms with Crippen LogP contribution >= 0.6 is 15.9 Å². The van der Waals surface area contributed by atoms with E-state index < -0.39 is 24.0 Å². The average Bonchev–Trinajstić information content (AvgIpc) is 2.57. The highest BCUT2D eigenvalue weighted by Gasteiger charge is 2.26. The van der Waals surface area contributed by atoms with Crippen molar-refractivity contribution >= 4 is 27.8 Å². The maximum absolute atomic E-state index is 12.5. The Labute approximate surface area is 148 Å². The van der Waals surface area contributed by atoms with Crippen LogP contribution in [0.4, 0.5) is 0 Å². The van der Waals surface area contributed by atoms with Crippen molar-refractivity contribution in [3.05, 3.63) is 70.2 Å². The summed E-state index contributed by atoms with van der Waals surface area (Å²) in [5, 5.41) is 12.0. The van der Waals surface area contributed by atoms with Crippen molar-refractivity contribution in [2.75, 3.05) is 7.11 Å². The van der Waals surface area contributed by atoms with Crippen LogP contribution < -0.4 is 5.32 Å². The van der Waals surface area contributed by atoms with Gasteiger partial charge in [0.25, 0.3) is 5.91 Å². The second-order valence-corrected chi connectivity index (χ2v) is 6.08. The van der Waals surface area contributed by atoms with Crippen LogP contribution in [0.25, 0.3) is 0 Å². The Hall–Kier alpha value is -2.18. The number of rotatable bonds is 7. The molecule has 0 aliphatic heterocycles. The van der Waals surface area contributed by atoms with Gasteiger partial charge in [-0.2, -0.15) is 0 Å². The second-order valence-electron chi connectivity index (χ2n) is 5.22. The van der Waals surface area contributed by atoms with E-state index in [-0.39, 0.29) is 6.42 Å². The lowest BCUT2D eigenvalue weighted by atomic mass is 10.0. The molecule has 0 aliphatic rings. The monoisotopic (exact) mass is 391 g/mol. The van der Waals surface area contributed by atoms with E-state index >= 15 is 0 Å². The molecule has 2 aromatic rings. The summed E-state index contributed by atoms with van der Waals surface area (Å²) in [7, 11) is 1.42. The van der Waals surface area contributed by atoms with Gasteiger partial charge in [0.1, 0.15) is 6.04 Å². The third-order valence-corrected chi connectivity index (χ3v) is 4.35. The summed E-state index contributed by atoms with van der Waals surface area (Å²) < 4.78 is 6.04. The smallest absolute Gasteiger partial charge is 0.326 e. The molecule has 0 fully saturated rings. The van der Waals surface area contributed by atoms with Gasteiger partial charge in [0.05, 0.1) is 0 Å². The van der Waals surface area contributed by atoms with Crippen LogP contribution in [-0.4, -0.2) is 30.1 Å². The number of halogens is 1. The van der Waals surface area contributed by atoms with Crippen molar-refractivity contribution in [2.45, 2.75) is 18.6 Å². The lowest BCUT2D eigenvalue weighted by molar-refractivity contribution is -0.144. The summed E-state index contributed by atoms with van der Waals surface area (Å²) in [5.74, 6) is -1.58. The number of aliphatic carboxylic acids is 1. The number of carbonyl (C=O) groups is 2. The van der Waals surface area contributed by atoms with Gasteiger partial charge in [-0.1, -0.05) is 64.5 Å². The number of carboxylic acid groups (broad SMARTS) is 1. The lowest BCUT2D eigenvalue weighted by Crippen LogP contribution is -2.44. The molecule has 0 spiro atoms. The highest BCUT2D eigenvalue weighted by atomic mass is 79.9.